The van der Waals surface area contributed by atoms with Gasteiger partial charge in [-0.1, -0.05) is 25.1 Å². The van der Waals surface area contributed by atoms with E-state index in [0.29, 0.717) is 23.4 Å². The van der Waals surface area contributed by atoms with Crippen molar-refractivity contribution < 1.29 is 4.79 Å². The number of anilines is 1. The van der Waals surface area contributed by atoms with Gasteiger partial charge in [0, 0.05) is 92.2 Å². The van der Waals surface area contributed by atoms with E-state index in [4.69, 9.17) is 10.1 Å². The maximum atomic E-state index is 12.1. The van der Waals surface area contributed by atoms with E-state index < -0.39 is 0 Å². The van der Waals surface area contributed by atoms with Crippen LogP contribution in [-0.2, 0) is 4.79 Å². The van der Waals surface area contributed by atoms with Crippen molar-refractivity contribution in [1.82, 2.24) is 49.9 Å². The third-order valence-electron chi connectivity index (χ3n) is 9.85. The Bertz CT molecular complexity index is 3040. The Labute approximate surface area is 307 Å². The zero-order valence-electron chi connectivity index (χ0n) is 29.2. The van der Waals surface area contributed by atoms with Crippen LogP contribution in [0.2, 0.25) is 0 Å². The zero-order chi connectivity index (χ0) is 36.3. The lowest BCUT2D eigenvalue weighted by atomic mass is 10.0. The number of hydrogen-bond acceptors (Lipinski definition) is 7. The van der Waals surface area contributed by atoms with Crippen LogP contribution in [0.5, 0.6) is 0 Å². The van der Waals surface area contributed by atoms with Gasteiger partial charge < -0.3 is 15.3 Å². The molecule has 1 amide bonds. The Balaban J connectivity index is 1.08. The SMILES string of the molecule is CCC(=O)Nc1cncc(-c2cnc3c(c2)c(-c2cc4ccccc4[nH]2)nn3-c2ccc3[nH]c(-c4n[nH]c5ncc(-c6cnccc6C)cc45)cc3c2)c1. The second kappa shape index (κ2) is 12.3. The van der Waals surface area contributed by atoms with Gasteiger partial charge in [0.1, 0.15) is 11.4 Å². The first-order chi connectivity index (χ1) is 26.5. The highest BCUT2D eigenvalue weighted by Crippen LogP contribution is 2.36. The second-order valence-electron chi connectivity index (χ2n) is 13.3. The Kier molecular flexibility index (Phi) is 7.15. The number of hydrogen-bond donors (Lipinski definition) is 4. The fourth-order valence-electron chi connectivity index (χ4n) is 7.06. The van der Waals surface area contributed by atoms with Crippen LogP contribution in [-0.4, -0.2) is 55.8 Å². The predicted octanol–water partition coefficient (Wildman–Crippen LogP) is 8.77. The number of para-hydroxylation sites is 1. The molecule has 0 aliphatic carbocycles. The molecule has 0 bridgehead atoms. The van der Waals surface area contributed by atoms with Gasteiger partial charge in [0.05, 0.1) is 29.0 Å². The number of aryl methyl sites for hydroxylation is 1. The molecule has 12 nitrogen and oxygen atoms in total. The number of aromatic nitrogens is 10. The van der Waals surface area contributed by atoms with Crippen LogP contribution in [0.1, 0.15) is 18.9 Å². The van der Waals surface area contributed by atoms with Crippen molar-refractivity contribution in [3.8, 4) is 50.7 Å². The normalized spacial score (nSPS) is 11.7. The quantitative estimate of drug-likeness (QED) is 0.129. The summed E-state index contributed by atoms with van der Waals surface area (Å²) in [5, 5.41) is 19.7. The molecule has 12 heteroatoms. The number of amides is 1. The van der Waals surface area contributed by atoms with Crippen LogP contribution in [0.25, 0.3) is 94.6 Å². The first kappa shape index (κ1) is 31.3. The van der Waals surface area contributed by atoms with Crippen LogP contribution in [0.3, 0.4) is 0 Å². The minimum absolute atomic E-state index is 0.0730. The summed E-state index contributed by atoms with van der Waals surface area (Å²) in [5.74, 6) is -0.0730. The van der Waals surface area contributed by atoms with Gasteiger partial charge in [-0.15, -0.1) is 0 Å². The molecule has 0 saturated heterocycles. The molecule has 10 rings (SSSR count). The van der Waals surface area contributed by atoms with E-state index in [0.717, 1.165) is 88.9 Å². The predicted molar refractivity (Wildman–Crippen MR) is 211 cm³/mol. The molecule has 10 aromatic rings. The van der Waals surface area contributed by atoms with Gasteiger partial charge in [-0.05, 0) is 73.2 Å². The van der Waals surface area contributed by atoms with Crippen molar-refractivity contribution in [3.63, 3.8) is 0 Å². The number of carbonyl (C=O) groups is 1. The molecule has 2 aromatic carbocycles. The van der Waals surface area contributed by atoms with Crippen LogP contribution in [0.15, 0.2) is 116 Å². The lowest BCUT2D eigenvalue weighted by Gasteiger charge is -2.07. The topological polar surface area (TPSA) is 159 Å². The van der Waals surface area contributed by atoms with Crippen LogP contribution < -0.4 is 5.32 Å². The molecule has 8 heterocycles. The third kappa shape index (κ3) is 5.27. The number of fused-ring (bicyclic) bond motifs is 4. The summed E-state index contributed by atoms with van der Waals surface area (Å²) in [6.45, 7) is 3.89. The zero-order valence-corrected chi connectivity index (χ0v) is 29.2. The molecule has 8 aromatic heterocycles. The molecule has 0 radical (unpaired) electrons. The monoisotopic (exact) mass is 705 g/mol. The molecule has 54 heavy (non-hydrogen) atoms. The van der Waals surface area contributed by atoms with Crippen molar-refractivity contribution in [1.29, 1.82) is 0 Å². The Morgan fingerprint density at radius 1 is 0.741 bits per heavy atom. The van der Waals surface area contributed by atoms with E-state index in [9.17, 15) is 4.79 Å². The van der Waals surface area contributed by atoms with E-state index in [2.05, 4.69) is 95.9 Å². The lowest BCUT2D eigenvalue weighted by Crippen LogP contribution is -2.09. The van der Waals surface area contributed by atoms with Crippen molar-refractivity contribution in [2.45, 2.75) is 20.3 Å². The van der Waals surface area contributed by atoms with Crippen molar-refractivity contribution >= 4 is 55.5 Å². The molecule has 0 aliphatic heterocycles. The van der Waals surface area contributed by atoms with Gasteiger partial charge >= 0.3 is 0 Å². The number of rotatable bonds is 7. The van der Waals surface area contributed by atoms with E-state index in [-0.39, 0.29) is 5.91 Å². The molecule has 0 atom stereocenters. The van der Waals surface area contributed by atoms with Gasteiger partial charge in [0.25, 0.3) is 0 Å². The van der Waals surface area contributed by atoms with Crippen molar-refractivity contribution in [2.24, 2.45) is 0 Å². The van der Waals surface area contributed by atoms with E-state index in [1.54, 1.807) is 18.6 Å². The standard InChI is InChI=1S/C42H31N11O/c1-3-38(54)47-29-12-26(18-44-21-29)27-14-32-40(37-16-24-6-4-5-7-34(24)48-37)52-53(42(32)46-19-27)30-8-9-35-25(13-30)17-36(49-35)39-31-15-28(20-45-41(31)51-50-39)33-22-43-11-10-23(33)2/h4-22,48-49H,3H2,1-2H3,(H,47,54)(H,45,50,51). The number of H-pyrrole nitrogens is 3. The second-order valence-corrected chi connectivity index (χ2v) is 13.3. The maximum Gasteiger partial charge on any atom is 0.224 e. The number of pyridine rings is 4. The summed E-state index contributed by atoms with van der Waals surface area (Å²) in [7, 11) is 0. The molecular weight excluding hydrogens is 675 g/mol. The third-order valence-corrected chi connectivity index (χ3v) is 9.85. The van der Waals surface area contributed by atoms with E-state index >= 15 is 0 Å². The summed E-state index contributed by atoms with van der Waals surface area (Å²) < 4.78 is 1.89. The minimum Gasteiger partial charge on any atom is -0.353 e. The maximum absolute atomic E-state index is 12.1. The number of carbonyl (C=O) groups excluding carboxylic acids is 1. The first-order valence-corrected chi connectivity index (χ1v) is 17.6. The Morgan fingerprint density at radius 3 is 2.41 bits per heavy atom. The highest BCUT2D eigenvalue weighted by Gasteiger charge is 2.20. The summed E-state index contributed by atoms with van der Waals surface area (Å²) in [6.07, 6.45) is 11.1. The van der Waals surface area contributed by atoms with Gasteiger partial charge in [-0.3, -0.25) is 19.9 Å². The average Bonchev–Trinajstić information content (AvgIpc) is 4.00. The minimum atomic E-state index is -0.0730. The average molecular weight is 706 g/mol. The number of aromatic amines is 3. The fourth-order valence-corrected chi connectivity index (χ4v) is 7.06. The van der Waals surface area contributed by atoms with Gasteiger partial charge in [-0.25, -0.2) is 14.6 Å². The molecule has 0 spiro atoms. The van der Waals surface area contributed by atoms with Gasteiger partial charge in [0.2, 0.25) is 5.91 Å². The molecule has 0 unspecified atom stereocenters. The molecule has 0 saturated carbocycles. The van der Waals surface area contributed by atoms with Crippen LogP contribution in [0.4, 0.5) is 5.69 Å². The number of nitrogens with zero attached hydrogens (tertiary/aromatic N) is 7. The Morgan fingerprint density at radius 2 is 1.54 bits per heavy atom. The Hall–Kier alpha value is -7.47. The summed E-state index contributed by atoms with van der Waals surface area (Å²) in [6, 6.07) is 26.7. The first-order valence-electron chi connectivity index (χ1n) is 17.6. The van der Waals surface area contributed by atoms with Crippen molar-refractivity contribution in [3.05, 3.63) is 122 Å². The van der Waals surface area contributed by atoms with Gasteiger partial charge in [-0.2, -0.15) is 10.2 Å². The lowest BCUT2D eigenvalue weighted by molar-refractivity contribution is -0.115. The van der Waals surface area contributed by atoms with E-state index in [1.807, 2.05) is 60.5 Å². The number of benzene rings is 2. The van der Waals surface area contributed by atoms with Gasteiger partial charge in [0.15, 0.2) is 11.3 Å². The van der Waals surface area contributed by atoms with Crippen LogP contribution >= 0.6 is 0 Å². The summed E-state index contributed by atoms with van der Waals surface area (Å²) in [4.78, 5) is 37.6. The largest absolute Gasteiger partial charge is 0.353 e. The molecule has 4 N–H and O–H groups in total. The molecule has 0 fully saturated rings. The highest BCUT2D eigenvalue weighted by molar-refractivity contribution is 5.99. The van der Waals surface area contributed by atoms with Crippen LogP contribution in [0, 0.1) is 6.92 Å². The number of nitrogens with one attached hydrogen (secondary N) is 4. The molecular formula is C42H31N11O. The summed E-state index contributed by atoms with van der Waals surface area (Å²) >= 11 is 0. The fraction of sp³-hybridized carbons (Fsp3) is 0.0714. The highest BCUT2D eigenvalue weighted by atomic mass is 16.1. The molecule has 0 aliphatic rings. The summed E-state index contributed by atoms with van der Waals surface area (Å²) in [5.41, 5.74) is 13.0. The van der Waals surface area contributed by atoms with E-state index in [1.165, 1.54) is 0 Å². The smallest absolute Gasteiger partial charge is 0.224 e. The molecule has 260 valence electrons. The van der Waals surface area contributed by atoms with Crippen molar-refractivity contribution in [2.75, 3.05) is 5.32 Å².